The maximum absolute atomic E-state index is 10.7. The van der Waals surface area contributed by atoms with Crippen LogP contribution < -0.4 is 0 Å². The highest BCUT2D eigenvalue weighted by Gasteiger charge is 1.98. The van der Waals surface area contributed by atoms with Gasteiger partial charge in [0.1, 0.15) is 0 Å². The van der Waals surface area contributed by atoms with Crippen molar-refractivity contribution in [2.75, 3.05) is 12.9 Å². The van der Waals surface area contributed by atoms with E-state index in [9.17, 15) is 8.42 Å². The van der Waals surface area contributed by atoms with Gasteiger partial charge in [-0.3, -0.25) is 4.18 Å². The highest BCUT2D eigenvalue weighted by Crippen LogP contribution is 2.05. The zero-order valence-corrected chi connectivity index (χ0v) is 11.5. The molecule has 18 heavy (non-hydrogen) atoms. The molecule has 4 heteroatoms. The summed E-state index contributed by atoms with van der Waals surface area (Å²) in [5.74, 6) is 0. The number of allylic oxidation sites excluding steroid dienone is 1. The van der Waals surface area contributed by atoms with Gasteiger partial charge in [0, 0.05) is 0 Å². The van der Waals surface area contributed by atoms with Crippen molar-refractivity contribution in [3.8, 4) is 0 Å². The summed E-state index contributed by atoms with van der Waals surface area (Å²) in [7, 11) is -3.29. The first-order valence-electron chi connectivity index (χ1n) is 6.11. The summed E-state index contributed by atoms with van der Waals surface area (Å²) in [4.78, 5) is 0. The van der Waals surface area contributed by atoms with E-state index in [4.69, 9.17) is 0 Å². The third kappa shape index (κ3) is 8.03. The van der Waals surface area contributed by atoms with E-state index in [1.54, 1.807) is 0 Å². The van der Waals surface area contributed by atoms with Gasteiger partial charge in [-0.15, -0.1) is 0 Å². The lowest BCUT2D eigenvalue weighted by atomic mass is 10.1. The molecule has 100 valence electrons. The molecule has 0 aliphatic heterocycles. The van der Waals surface area contributed by atoms with Crippen molar-refractivity contribution in [1.29, 1.82) is 0 Å². The molecule has 0 aliphatic carbocycles. The molecule has 0 unspecified atom stereocenters. The maximum atomic E-state index is 10.7. The average Bonchev–Trinajstić information content (AvgIpc) is 2.32. The Balaban J connectivity index is 2.04. The van der Waals surface area contributed by atoms with Gasteiger partial charge in [-0.25, -0.2) is 0 Å². The molecular weight excluding hydrogens is 248 g/mol. The predicted molar refractivity (Wildman–Crippen MR) is 73.9 cm³/mol. The van der Waals surface area contributed by atoms with Gasteiger partial charge in [-0.05, 0) is 31.2 Å². The number of aryl methyl sites for hydroxylation is 1. The van der Waals surface area contributed by atoms with Crippen molar-refractivity contribution < 1.29 is 12.6 Å². The van der Waals surface area contributed by atoms with Crippen LogP contribution in [0, 0.1) is 0 Å². The molecule has 3 nitrogen and oxygen atoms in total. The summed E-state index contributed by atoms with van der Waals surface area (Å²) in [6.07, 6.45) is 8.94. The minimum Gasteiger partial charge on any atom is -0.270 e. The first kappa shape index (κ1) is 14.9. The van der Waals surface area contributed by atoms with Crippen LogP contribution in [0.15, 0.2) is 42.5 Å². The van der Waals surface area contributed by atoms with Crippen LogP contribution in [0.5, 0.6) is 0 Å². The summed E-state index contributed by atoms with van der Waals surface area (Å²) in [5.41, 5.74) is 1.35. The molecule has 0 saturated heterocycles. The third-order valence-corrected chi connectivity index (χ3v) is 3.02. The highest BCUT2D eigenvalue weighted by atomic mass is 32.2. The van der Waals surface area contributed by atoms with E-state index in [-0.39, 0.29) is 6.61 Å². The molecule has 0 aliphatic rings. The summed E-state index contributed by atoms with van der Waals surface area (Å²) in [5, 5.41) is 0. The fourth-order valence-corrected chi connectivity index (χ4v) is 1.97. The van der Waals surface area contributed by atoms with E-state index in [1.807, 2.05) is 24.3 Å². The number of hydrogen-bond acceptors (Lipinski definition) is 3. The lowest BCUT2D eigenvalue weighted by Crippen LogP contribution is -2.03. The Labute approximate surface area is 110 Å². The minimum atomic E-state index is -3.29. The lowest BCUT2D eigenvalue weighted by molar-refractivity contribution is 0.328. The first-order valence-corrected chi connectivity index (χ1v) is 7.93. The smallest absolute Gasteiger partial charge is 0.264 e. The molecule has 1 aromatic carbocycles. The zero-order chi connectivity index (χ0) is 13.3. The van der Waals surface area contributed by atoms with Crippen molar-refractivity contribution in [2.45, 2.75) is 25.7 Å². The fourth-order valence-electron chi connectivity index (χ4n) is 1.57. The summed E-state index contributed by atoms with van der Waals surface area (Å²) in [6, 6.07) is 10.4. The van der Waals surface area contributed by atoms with Gasteiger partial charge in [0.15, 0.2) is 0 Å². The number of rotatable bonds is 8. The van der Waals surface area contributed by atoms with Crippen LogP contribution in [0.25, 0.3) is 0 Å². The van der Waals surface area contributed by atoms with E-state index in [0.29, 0.717) is 6.42 Å². The number of unbranched alkanes of at least 4 members (excludes halogenated alkanes) is 1. The molecule has 0 fully saturated rings. The highest BCUT2D eigenvalue weighted by molar-refractivity contribution is 7.85. The van der Waals surface area contributed by atoms with Crippen molar-refractivity contribution in [2.24, 2.45) is 0 Å². The summed E-state index contributed by atoms with van der Waals surface area (Å²) >= 11 is 0. The van der Waals surface area contributed by atoms with E-state index in [2.05, 4.69) is 22.4 Å². The summed E-state index contributed by atoms with van der Waals surface area (Å²) in [6.45, 7) is 0.230. The Hall–Kier alpha value is -1.13. The second-order valence-electron chi connectivity index (χ2n) is 4.16. The minimum absolute atomic E-state index is 0.230. The van der Waals surface area contributed by atoms with Crippen LogP contribution in [-0.2, 0) is 20.7 Å². The van der Waals surface area contributed by atoms with E-state index < -0.39 is 10.1 Å². The molecular formula is C14H20O3S. The van der Waals surface area contributed by atoms with Crippen LogP contribution in [0.1, 0.15) is 24.8 Å². The maximum Gasteiger partial charge on any atom is 0.264 e. The Morgan fingerprint density at radius 1 is 1.11 bits per heavy atom. The Morgan fingerprint density at radius 2 is 1.78 bits per heavy atom. The van der Waals surface area contributed by atoms with Crippen molar-refractivity contribution in [3.63, 3.8) is 0 Å². The second-order valence-corrected chi connectivity index (χ2v) is 5.81. The van der Waals surface area contributed by atoms with Crippen molar-refractivity contribution >= 4 is 10.1 Å². The van der Waals surface area contributed by atoms with E-state index in [1.165, 1.54) is 5.56 Å². The Morgan fingerprint density at radius 3 is 2.44 bits per heavy atom. The van der Waals surface area contributed by atoms with Crippen molar-refractivity contribution in [1.82, 2.24) is 0 Å². The normalized spacial score (nSPS) is 12.1. The molecule has 0 N–H and O–H groups in total. The molecule has 0 spiro atoms. The lowest BCUT2D eigenvalue weighted by Gasteiger charge is -1.98. The largest absolute Gasteiger partial charge is 0.270 e. The van der Waals surface area contributed by atoms with Crippen LogP contribution in [-0.4, -0.2) is 21.3 Å². The van der Waals surface area contributed by atoms with Gasteiger partial charge >= 0.3 is 0 Å². The SMILES string of the molecule is CS(=O)(=O)OCC/C=C\CCCc1ccccc1. The molecule has 1 aromatic rings. The van der Waals surface area contributed by atoms with Gasteiger partial charge in [-0.1, -0.05) is 42.5 Å². The molecule has 1 rings (SSSR count). The van der Waals surface area contributed by atoms with Crippen LogP contribution in [0.3, 0.4) is 0 Å². The number of hydrogen-bond donors (Lipinski definition) is 0. The van der Waals surface area contributed by atoms with Gasteiger partial charge in [0.25, 0.3) is 10.1 Å². The standard InChI is InChI=1S/C14H20O3S/c1-18(15,16)17-13-9-4-2-3-6-10-14-11-7-5-8-12-14/h2,4-5,7-8,11-12H,3,6,9-10,13H2,1H3/b4-2-. The first-order chi connectivity index (χ1) is 8.58. The molecule has 0 heterocycles. The fraction of sp³-hybridized carbons (Fsp3) is 0.429. The van der Waals surface area contributed by atoms with E-state index in [0.717, 1.165) is 25.5 Å². The molecule has 0 saturated carbocycles. The number of benzene rings is 1. The van der Waals surface area contributed by atoms with Gasteiger partial charge < -0.3 is 0 Å². The van der Waals surface area contributed by atoms with Crippen LogP contribution in [0.2, 0.25) is 0 Å². The Kier molecular flexibility index (Phi) is 6.68. The summed E-state index contributed by atoms with van der Waals surface area (Å²) < 4.78 is 26.0. The molecule has 0 amide bonds. The molecule has 0 atom stereocenters. The predicted octanol–water partition coefficient (Wildman–Crippen LogP) is 2.93. The molecule has 0 bridgehead atoms. The molecule has 0 aromatic heterocycles. The van der Waals surface area contributed by atoms with Crippen LogP contribution >= 0.6 is 0 Å². The van der Waals surface area contributed by atoms with Crippen LogP contribution in [0.4, 0.5) is 0 Å². The van der Waals surface area contributed by atoms with Gasteiger partial charge in [0.05, 0.1) is 12.9 Å². The molecule has 0 radical (unpaired) electrons. The Bertz CT molecular complexity index is 449. The zero-order valence-electron chi connectivity index (χ0n) is 10.7. The third-order valence-electron chi connectivity index (χ3n) is 2.43. The quantitative estimate of drug-likeness (QED) is 0.413. The van der Waals surface area contributed by atoms with E-state index >= 15 is 0 Å². The monoisotopic (exact) mass is 268 g/mol. The van der Waals surface area contributed by atoms with Gasteiger partial charge in [-0.2, -0.15) is 8.42 Å². The second kappa shape index (κ2) is 8.06. The topological polar surface area (TPSA) is 43.4 Å². The van der Waals surface area contributed by atoms with Crippen molar-refractivity contribution in [3.05, 3.63) is 48.0 Å². The van der Waals surface area contributed by atoms with Gasteiger partial charge in [0.2, 0.25) is 0 Å². The average molecular weight is 268 g/mol.